The van der Waals surface area contributed by atoms with Crippen LogP contribution in [0, 0.1) is 18.3 Å². The smallest absolute Gasteiger partial charge is 0.0826 e. The minimum Gasteiger partial charge on any atom is -0.388 e. The van der Waals surface area contributed by atoms with Crippen LogP contribution in [0.2, 0.25) is 0 Å². The molecule has 32 heavy (non-hydrogen) atoms. The van der Waals surface area contributed by atoms with Crippen molar-refractivity contribution in [2.24, 2.45) is 11.3 Å². The molecule has 1 N–H and O–H groups in total. The zero-order chi connectivity index (χ0) is 22.9. The molecule has 1 aromatic heterocycles. The van der Waals surface area contributed by atoms with Gasteiger partial charge in [-0.3, -0.25) is 0 Å². The van der Waals surface area contributed by atoms with Crippen LogP contribution in [-0.4, -0.2) is 14.9 Å². The van der Waals surface area contributed by atoms with Crippen LogP contribution in [0.5, 0.6) is 0 Å². The molecule has 1 heterocycles. The first-order valence-corrected chi connectivity index (χ1v) is 12.1. The number of fused-ring (bicyclic) bond motifs is 1. The zero-order valence-electron chi connectivity index (χ0n) is 19.5. The van der Waals surface area contributed by atoms with Crippen molar-refractivity contribution in [2.45, 2.75) is 53.1 Å². The normalized spacial score (nSPS) is 19.8. The van der Waals surface area contributed by atoms with Gasteiger partial charge in [-0.15, -0.1) is 15.0 Å². The first kappa shape index (κ1) is 22.7. The van der Waals surface area contributed by atoms with Gasteiger partial charge in [-0.1, -0.05) is 62.7 Å². The summed E-state index contributed by atoms with van der Waals surface area (Å²) >= 11 is 0. The Hall–Kier alpha value is -2.44. The topological polar surface area (TPSA) is 38.0 Å². The molecule has 1 aliphatic rings. The summed E-state index contributed by atoms with van der Waals surface area (Å²) in [6.07, 6.45) is 6.17. The van der Waals surface area contributed by atoms with Gasteiger partial charge in [0.2, 0.25) is 0 Å². The Balaban J connectivity index is 1.76. The molecule has 2 aromatic carbocycles. The van der Waals surface area contributed by atoms with Gasteiger partial charge in [0.15, 0.2) is 0 Å². The lowest BCUT2D eigenvalue weighted by Crippen LogP contribution is -2.35. The van der Waals surface area contributed by atoms with Gasteiger partial charge in [-0.2, -0.15) is 5.10 Å². The van der Waals surface area contributed by atoms with E-state index in [0.29, 0.717) is 0 Å². The van der Waals surface area contributed by atoms with Crippen LogP contribution in [0.15, 0.2) is 66.0 Å². The minimum atomic E-state index is -0.528. The first-order chi connectivity index (χ1) is 15.4. The third kappa shape index (κ3) is 4.14. The van der Waals surface area contributed by atoms with Crippen molar-refractivity contribution in [2.75, 3.05) is 0 Å². The zero-order valence-corrected chi connectivity index (χ0v) is 20.6. The number of aryl methyl sites for hydroxylation is 1. The van der Waals surface area contributed by atoms with Crippen LogP contribution < -0.4 is 5.30 Å². The average Bonchev–Trinajstić information content (AvgIpc) is 3.10. The molecule has 4 heteroatoms. The van der Waals surface area contributed by atoms with E-state index >= 15 is 0 Å². The van der Waals surface area contributed by atoms with Crippen LogP contribution in [0.3, 0.4) is 0 Å². The summed E-state index contributed by atoms with van der Waals surface area (Å²) in [5, 5.41) is 17.3. The molecule has 0 saturated heterocycles. The Kier molecular flexibility index (Phi) is 6.54. The number of aliphatic hydroxyl groups excluding tert-OH is 1. The van der Waals surface area contributed by atoms with E-state index in [1.807, 2.05) is 10.9 Å². The lowest BCUT2D eigenvalue weighted by atomic mass is 9.64. The Labute approximate surface area is 194 Å². The van der Waals surface area contributed by atoms with Gasteiger partial charge < -0.3 is 5.11 Å². The number of allylic oxidation sites excluding steroid dienone is 1. The molecule has 3 nitrogen and oxygen atoms in total. The van der Waals surface area contributed by atoms with Crippen LogP contribution in [0.4, 0.5) is 0 Å². The highest BCUT2D eigenvalue weighted by atomic mass is 31.0. The third-order valence-electron chi connectivity index (χ3n) is 7.07. The maximum Gasteiger partial charge on any atom is 0.0826 e. The summed E-state index contributed by atoms with van der Waals surface area (Å²) in [7, 11) is 2.73. The second-order valence-corrected chi connectivity index (χ2v) is 9.81. The summed E-state index contributed by atoms with van der Waals surface area (Å²) in [6.45, 7) is 8.76. The molecule has 0 aliphatic heterocycles. The molecule has 3 aromatic rings. The van der Waals surface area contributed by atoms with Gasteiger partial charge >= 0.3 is 0 Å². The van der Waals surface area contributed by atoms with Crippen LogP contribution in [-0.2, 0) is 6.42 Å². The van der Waals surface area contributed by atoms with Crippen molar-refractivity contribution >= 4 is 20.6 Å². The van der Waals surface area contributed by atoms with Gasteiger partial charge in [0.05, 0.1) is 23.7 Å². The molecular formula is C28H33N2OP. The van der Waals surface area contributed by atoms with Crippen LogP contribution in [0.1, 0.15) is 62.1 Å². The quantitative estimate of drug-likeness (QED) is 0.377. The molecule has 166 valence electrons. The number of benzene rings is 2. The second-order valence-electron chi connectivity index (χ2n) is 9.14. The molecular weight excluding hydrogens is 411 g/mol. The van der Waals surface area contributed by atoms with Gasteiger partial charge in [0.1, 0.15) is 0 Å². The van der Waals surface area contributed by atoms with Crippen molar-refractivity contribution in [1.29, 1.82) is 0 Å². The number of aliphatic hydroxyl groups is 1. The van der Waals surface area contributed by atoms with E-state index in [2.05, 4.69) is 97.3 Å². The van der Waals surface area contributed by atoms with E-state index in [1.54, 1.807) is 0 Å². The fraction of sp³-hybridized carbons (Fsp3) is 0.357. The summed E-state index contributed by atoms with van der Waals surface area (Å²) in [6, 6.07) is 16.6. The minimum absolute atomic E-state index is 0.0757. The number of rotatable bonds is 6. The van der Waals surface area contributed by atoms with Crippen LogP contribution in [0.25, 0.3) is 11.8 Å². The van der Waals surface area contributed by atoms with E-state index in [-0.39, 0.29) is 11.3 Å². The maximum atomic E-state index is 11.5. The van der Waals surface area contributed by atoms with E-state index in [9.17, 15) is 5.11 Å². The maximum absolute atomic E-state index is 11.5. The molecule has 0 bridgehead atoms. The van der Waals surface area contributed by atoms with Crippen molar-refractivity contribution in [1.82, 2.24) is 9.78 Å². The summed E-state index contributed by atoms with van der Waals surface area (Å²) in [4.78, 5) is 0. The predicted molar refractivity (Wildman–Crippen MR) is 136 cm³/mol. The van der Waals surface area contributed by atoms with Crippen molar-refractivity contribution in [3.63, 3.8) is 0 Å². The highest BCUT2D eigenvalue weighted by Crippen LogP contribution is 2.48. The SMILES string of the molecule is CCC1=C=Cc2c(cnn2-c2ccc(P)cc2)CC1(C)[C@H](CC)C(O)c1ccc(C)cc1. The highest BCUT2D eigenvalue weighted by Gasteiger charge is 2.42. The van der Waals surface area contributed by atoms with E-state index in [4.69, 9.17) is 5.10 Å². The molecule has 1 aliphatic carbocycles. The van der Waals surface area contributed by atoms with E-state index in [0.717, 1.165) is 41.5 Å². The first-order valence-electron chi connectivity index (χ1n) is 11.5. The Morgan fingerprint density at radius 1 is 1.12 bits per heavy atom. The fourth-order valence-electron chi connectivity index (χ4n) is 5.20. The molecule has 4 atom stereocenters. The fourth-order valence-corrected chi connectivity index (χ4v) is 5.40. The summed E-state index contributed by atoms with van der Waals surface area (Å²) < 4.78 is 2.00. The average molecular weight is 445 g/mol. The Bertz CT molecular complexity index is 1150. The van der Waals surface area contributed by atoms with Crippen molar-refractivity contribution < 1.29 is 5.11 Å². The van der Waals surface area contributed by atoms with Crippen molar-refractivity contribution in [3.05, 3.63) is 88.4 Å². The molecule has 4 rings (SSSR count). The molecule has 0 fully saturated rings. The molecule has 0 radical (unpaired) electrons. The standard InChI is InChI=1S/C28H33N2OP/c1-5-22-11-16-26-21(18-29-30(26)23-12-14-24(32)15-13-23)17-28(22,4)25(6-2)27(31)20-9-7-19(3)8-10-20/h7-10,12-16,18,25,27,31H,5-6,17,32H2,1-4H3/t25-,27?,28?/m1/s1. The molecule has 0 amide bonds. The molecule has 3 unspecified atom stereocenters. The highest BCUT2D eigenvalue weighted by molar-refractivity contribution is 7.27. The summed E-state index contributed by atoms with van der Waals surface area (Å²) in [5.74, 6) is 0.0757. The van der Waals surface area contributed by atoms with Gasteiger partial charge in [-0.25, -0.2) is 4.68 Å². The lowest BCUT2D eigenvalue weighted by molar-refractivity contribution is 0.0376. The van der Waals surface area contributed by atoms with Gasteiger partial charge in [0.25, 0.3) is 0 Å². The number of nitrogens with zero attached hydrogens (tertiary/aromatic N) is 2. The second kappa shape index (κ2) is 9.20. The molecule has 0 saturated carbocycles. The Morgan fingerprint density at radius 2 is 1.81 bits per heavy atom. The lowest BCUT2D eigenvalue weighted by Gasteiger charge is -2.41. The predicted octanol–water partition coefficient (Wildman–Crippen LogP) is 5.95. The largest absolute Gasteiger partial charge is 0.388 e. The number of aromatic nitrogens is 2. The number of hydrogen-bond donors (Lipinski definition) is 1. The third-order valence-corrected chi connectivity index (χ3v) is 7.45. The van der Waals surface area contributed by atoms with Gasteiger partial charge in [-0.05, 0) is 66.2 Å². The van der Waals surface area contributed by atoms with Gasteiger partial charge in [0, 0.05) is 11.5 Å². The van der Waals surface area contributed by atoms with Crippen LogP contribution >= 0.6 is 9.24 Å². The Morgan fingerprint density at radius 3 is 2.44 bits per heavy atom. The monoisotopic (exact) mass is 444 g/mol. The van der Waals surface area contributed by atoms with Crippen molar-refractivity contribution in [3.8, 4) is 5.69 Å². The molecule has 0 spiro atoms. The summed E-state index contributed by atoms with van der Waals surface area (Å²) in [5.41, 5.74) is 10.2. The number of hydrogen-bond acceptors (Lipinski definition) is 2. The van der Waals surface area contributed by atoms with E-state index in [1.165, 1.54) is 16.7 Å². The van der Waals surface area contributed by atoms with E-state index < -0.39 is 6.10 Å².